The van der Waals surface area contributed by atoms with Gasteiger partial charge in [0.1, 0.15) is 12.4 Å². The van der Waals surface area contributed by atoms with Gasteiger partial charge >= 0.3 is 0 Å². The summed E-state index contributed by atoms with van der Waals surface area (Å²) in [6.07, 6.45) is 0.446. The van der Waals surface area contributed by atoms with Crippen LogP contribution < -0.4 is 14.8 Å². The zero-order valence-corrected chi connectivity index (χ0v) is 14.5. The second-order valence-electron chi connectivity index (χ2n) is 5.83. The molecule has 6 nitrogen and oxygen atoms in total. The van der Waals surface area contributed by atoms with E-state index in [-0.39, 0.29) is 29.9 Å². The number of carbonyl (C=O) groups excluding carboxylic acids is 1. The van der Waals surface area contributed by atoms with E-state index in [1.165, 1.54) is 0 Å². The molecule has 7 heteroatoms. The van der Waals surface area contributed by atoms with Crippen LogP contribution in [0.15, 0.2) is 59.5 Å². The van der Waals surface area contributed by atoms with E-state index in [0.717, 1.165) is 5.56 Å². The zero-order valence-electron chi connectivity index (χ0n) is 13.6. The SMILES string of the molecule is O=C1C[C@H](c2ccc(S(=O)(=O)NCCOc3ccccc3)cc2)CN1. The van der Waals surface area contributed by atoms with Crippen LogP contribution in [0, 0.1) is 0 Å². The molecule has 2 N–H and O–H groups in total. The number of ether oxygens (including phenoxy) is 1. The lowest BCUT2D eigenvalue weighted by atomic mass is 9.99. The molecule has 2 aromatic carbocycles. The van der Waals surface area contributed by atoms with Gasteiger partial charge < -0.3 is 10.1 Å². The lowest BCUT2D eigenvalue weighted by Crippen LogP contribution is -2.28. The van der Waals surface area contributed by atoms with Crippen LogP contribution in [0.3, 0.4) is 0 Å². The Morgan fingerprint density at radius 1 is 1.08 bits per heavy atom. The molecule has 1 amide bonds. The fourth-order valence-electron chi connectivity index (χ4n) is 2.70. The van der Waals surface area contributed by atoms with Crippen molar-refractivity contribution in [2.45, 2.75) is 17.2 Å². The average molecular weight is 360 g/mol. The molecule has 0 spiro atoms. The molecule has 1 aliphatic rings. The van der Waals surface area contributed by atoms with Gasteiger partial charge in [0, 0.05) is 25.4 Å². The standard InChI is InChI=1S/C18H20N2O4S/c21-18-12-15(13-19-18)14-6-8-17(9-7-14)25(22,23)20-10-11-24-16-4-2-1-3-5-16/h1-9,15,20H,10-13H2,(H,19,21)/t15-/m0/s1. The summed E-state index contributed by atoms with van der Waals surface area (Å²) >= 11 is 0. The molecule has 1 aliphatic heterocycles. The predicted molar refractivity (Wildman–Crippen MR) is 93.9 cm³/mol. The molecule has 0 saturated carbocycles. The molecular weight excluding hydrogens is 340 g/mol. The molecule has 1 heterocycles. The topological polar surface area (TPSA) is 84.5 Å². The summed E-state index contributed by atoms with van der Waals surface area (Å²) in [5.74, 6) is 0.837. The van der Waals surface area contributed by atoms with Gasteiger partial charge in [0.15, 0.2) is 0 Å². The van der Waals surface area contributed by atoms with E-state index in [0.29, 0.717) is 18.7 Å². The van der Waals surface area contributed by atoms with Crippen molar-refractivity contribution >= 4 is 15.9 Å². The molecule has 0 radical (unpaired) electrons. The van der Waals surface area contributed by atoms with Gasteiger partial charge in [0.05, 0.1) is 4.90 Å². The van der Waals surface area contributed by atoms with Crippen molar-refractivity contribution in [1.82, 2.24) is 10.0 Å². The van der Waals surface area contributed by atoms with Gasteiger partial charge in [0.2, 0.25) is 15.9 Å². The minimum atomic E-state index is -3.58. The van der Waals surface area contributed by atoms with Gasteiger partial charge in [-0.3, -0.25) is 4.79 Å². The van der Waals surface area contributed by atoms with Crippen LogP contribution in [-0.4, -0.2) is 34.0 Å². The lowest BCUT2D eigenvalue weighted by Gasteiger charge is -2.11. The maximum atomic E-state index is 12.3. The smallest absolute Gasteiger partial charge is 0.240 e. The fraction of sp³-hybridized carbons (Fsp3) is 0.278. The lowest BCUT2D eigenvalue weighted by molar-refractivity contribution is -0.119. The first-order chi connectivity index (χ1) is 12.0. The van der Waals surface area contributed by atoms with Gasteiger partial charge in [-0.05, 0) is 29.8 Å². The van der Waals surface area contributed by atoms with Crippen LogP contribution >= 0.6 is 0 Å². The summed E-state index contributed by atoms with van der Waals surface area (Å²) in [6, 6.07) is 15.9. The Morgan fingerprint density at radius 3 is 2.44 bits per heavy atom. The Kier molecular flexibility index (Phi) is 5.35. The van der Waals surface area contributed by atoms with Crippen LogP contribution in [0.1, 0.15) is 17.9 Å². The fourth-order valence-corrected chi connectivity index (χ4v) is 3.72. The minimum Gasteiger partial charge on any atom is -0.492 e. The number of para-hydroxylation sites is 1. The number of rotatable bonds is 7. The second-order valence-corrected chi connectivity index (χ2v) is 7.60. The van der Waals surface area contributed by atoms with Crippen molar-refractivity contribution in [2.75, 3.05) is 19.7 Å². The summed E-state index contributed by atoms with van der Waals surface area (Å²) in [5, 5.41) is 2.78. The van der Waals surface area contributed by atoms with E-state index < -0.39 is 10.0 Å². The van der Waals surface area contributed by atoms with E-state index in [9.17, 15) is 13.2 Å². The number of carbonyl (C=O) groups is 1. The summed E-state index contributed by atoms with van der Waals surface area (Å²) < 4.78 is 32.6. The molecule has 0 unspecified atom stereocenters. The number of amides is 1. The van der Waals surface area contributed by atoms with E-state index in [1.807, 2.05) is 30.3 Å². The minimum absolute atomic E-state index is 0.0294. The third kappa shape index (κ3) is 4.58. The molecule has 1 saturated heterocycles. The Hall–Kier alpha value is -2.38. The molecule has 2 aromatic rings. The van der Waals surface area contributed by atoms with Crippen molar-refractivity contribution < 1.29 is 17.9 Å². The number of hydrogen-bond donors (Lipinski definition) is 2. The highest BCUT2D eigenvalue weighted by Crippen LogP contribution is 2.24. The van der Waals surface area contributed by atoms with E-state index >= 15 is 0 Å². The van der Waals surface area contributed by atoms with E-state index in [1.54, 1.807) is 24.3 Å². The van der Waals surface area contributed by atoms with Crippen molar-refractivity contribution in [3.8, 4) is 5.75 Å². The normalized spacial score (nSPS) is 17.3. The molecule has 132 valence electrons. The molecule has 1 fully saturated rings. The van der Waals surface area contributed by atoms with Crippen LogP contribution in [0.4, 0.5) is 0 Å². The van der Waals surface area contributed by atoms with Crippen molar-refractivity contribution in [2.24, 2.45) is 0 Å². The monoisotopic (exact) mass is 360 g/mol. The van der Waals surface area contributed by atoms with E-state index in [4.69, 9.17) is 4.74 Å². The summed E-state index contributed by atoms with van der Waals surface area (Å²) in [7, 11) is -3.58. The molecule has 25 heavy (non-hydrogen) atoms. The van der Waals surface area contributed by atoms with Gasteiger partial charge in [-0.1, -0.05) is 30.3 Å². The summed E-state index contributed by atoms with van der Waals surface area (Å²) in [5.41, 5.74) is 0.963. The third-order valence-corrected chi connectivity index (χ3v) is 5.52. The van der Waals surface area contributed by atoms with Crippen LogP contribution in [0.5, 0.6) is 5.75 Å². The maximum absolute atomic E-state index is 12.3. The van der Waals surface area contributed by atoms with Gasteiger partial charge in [0.25, 0.3) is 0 Å². The Bertz CT molecular complexity index is 820. The van der Waals surface area contributed by atoms with Gasteiger partial charge in [-0.2, -0.15) is 0 Å². The first-order valence-corrected chi connectivity index (χ1v) is 9.57. The van der Waals surface area contributed by atoms with Crippen LogP contribution in [0.25, 0.3) is 0 Å². The average Bonchev–Trinajstić information content (AvgIpc) is 3.06. The highest BCUT2D eigenvalue weighted by Gasteiger charge is 2.23. The molecule has 3 rings (SSSR count). The van der Waals surface area contributed by atoms with Gasteiger partial charge in [-0.25, -0.2) is 13.1 Å². The largest absolute Gasteiger partial charge is 0.492 e. The molecule has 1 atom stereocenters. The third-order valence-electron chi connectivity index (χ3n) is 4.05. The van der Waals surface area contributed by atoms with Crippen LogP contribution in [-0.2, 0) is 14.8 Å². The Labute approximate surface area is 147 Å². The first-order valence-electron chi connectivity index (χ1n) is 8.09. The van der Waals surface area contributed by atoms with Gasteiger partial charge in [-0.15, -0.1) is 0 Å². The number of sulfonamides is 1. The summed E-state index contributed by atoms with van der Waals surface area (Å²) in [6.45, 7) is 1.03. The molecule has 0 aromatic heterocycles. The molecular formula is C18H20N2O4S. The second kappa shape index (κ2) is 7.67. The van der Waals surface area contributed by atoms with Crippen molar-refractivity contribution in [3.05, 3.63) is 60.2 Å². The molecule has 0 aliphatic carbocycles. The maximum Gasteiger partial charge on any atom is 0.240 e. The number of benzene rings is 2. The zero-order chi connectivity index (χ0) is 17.7. The quantitative estimate of drug-likeness (QED) is 0.736. The predicted octanol–water partition coefficient (Wildman–Crippen LogP) is 1.65. The highest BCUT2D eigenvalue weighted by molar-refractivity contribution is 7.89. The highest BCUT2D eigenvalue weighted by atomic mass is 32.2. The summed E-state index contributed by atoms with van der Waals surface area (Å²) in [4.78, 5) is 11.5. The van der Waals surface area contributed by atoms with Crippen LogP contribution in [0.2, 0.25) is 0 Å². The van der Waals surface area contributed by atoms with Crippen molar-refractivity contribution in [3.63, 3.8) is 0 Å². The Morgan fingerprint density at radius 2 is 1.80 bits per heavy atom. The number of hydrogen-bond acceptors (Lipinski definition) is 4. The van der Waals surface area contributed by atoms with E-state index in [2.05, 4.69) is 10.0 Å². The first kappa shape index (κ1) is 17.4. The Balaban J connectivity index is 1.54. The molecule has 0 bridgehead atoms. The van der Waals surface area contributed by atoms with Crippen molar-refractivity contribution in [1.29, 1.82) is 0 Å². The number of nitrogens with one attached hydrogen (secondary N) is 2.